The van der Waals surface area contributed by atoms with Crippen molar-refractivity contribution in [3.05, 3.63) is 0 Å². The van der Waals surface area contributed by atoms with Gasteiger partial charge >= 0.3 is 0 Å². The van der Waals surface area contributed by atoms with E-state index in [4.69, 9.17) is 0 Å². The highest BCUT2D eigenvalue weighted by Gasteiger charge is 2.36. The molecule has 1 N–H and O–H groups in total. The van der Waals surface area contributed by atoms with Gasteiger partial charge in [-0.25, -0.2) is 0 Å². The lowest BCUT2D eigenvalue weighted by molar-refractivity contribution is 0.112. The van der Waals surface area contributed by atoms with E-state index in [1.54, 1.807) is 0 Å². The van der Waals surface area contributed by atoms with Crippen molar-refractivity contribution < 1.29 is 0 Å². The van der Waals surface area contributed by atoms with Gasteiger partial charge in [-0.2, -0.15) is 0 Å². The third-order valence-electron chi connectivity index (χ3n) is 3.10. The van der Waals surface area contributed by atoms with Crippen molar-refractivity contribution in [2.24, 2.45) is 11.3 Å². The van der Waals surface area contributed by atoms with Crippen LogP contribution in [0.2, 0.25) is 0 Å². The summed E-state index contributed by atoms with van der Waals surface area (Å²) in [7, 11) is 0. The molecule has 0 heterocycles. The van der Waals surface area contributed by atoms with Crippen LogP contribution in [0.15, 0.2) is 0 Å². The van der Waals surface area contributed by atoms with E-state index >= 15 is 0 Å². The van der Waals surface area contributed by atoms with E-state index in [0.717, 1.165) is 12.0 Å². The van der Waals surface area contributed by atoms with Gasteiger partial charge < -0.3 is 5.32 Å². The number of hydrogen-bond acceptors (Lipinski definition) is 1. The van der Waals surface area contributed by atoms with Gasteiger partial charge in [0.25, 0.3) is 0 Å². The second-order valence-corrected chi connectivity index (χ2v) is 5.47. The Morgan fingerprint density at radius 2 is 1.67 bits per heavy atom. The Kier molecular flexibility index (Phi) is 2.82. The zero-order valence-corrected chi connectivity index (χ0v) is 9.15. The van der Waals surface area contributed by atoms with Crippen molar-refractivity contribution in [2.75, 3.05) is 0 Å². The van der Waals surface area contributed by atoms with Gasteiger partial charge in [0, 0.05) is 12.1 Å². The Hall–Kier alpha value is -0.0400. The van der Waals surface area contributed by atoms with Gasteiger partial charge in [-0.3, -0.25) is 0 Å². The molecule has 1 aliphatic rings. The topological polar surface area (TPSA) is 12.0 Å². The molecule has 1 unspecified atom stereocenters. The minimum atomic E-state index is 0.606. The number of hydrogen-bond donors (Lipinski definition) is 1. The van der Waals surface area contributed by atoms with E-state index in [1.165, 1.54) is 12.8 Å². The number of rotatable bonds is 3. The highest BCUT2D eigenvalue weighted by Crippen LogP contribution is 2.40. The fourth-order valence-corrected chi connectivity index (χ4v) is 1.96. The second kappa shape index (κ2) is 3.37. The first-order chi connectivity index (χ1) is 5.41. The monoisotopic (exact) mass is 169 g/mol. The molecular weight excluding hydrogens is 146 g/mol. The van der Waals surface area contributed by atoms with Crippen LogP contribution in [0.1, 0.15) is 47.5 Å². The normalized spacial score (nSPS) is 25.5. The molecule has 0 aromatic heterocycles. The average molecular weight is 169 g/mol. The number of nitrogens with one attached hydrogen (secondary N) is 1. The van der Waals surface area contributed by atoms with Crippen molar-refractivity contribution in [1.82, 2.24) is 5.32 Å². The molecular formula is C11H23N. The van der Waals surface area contributed by atoms with Crippen molar-refractivity contribution in [3.8, 4) is 0 Å². The van der Waals surface area contributed by atoms with Gasteiger partial charge in [-0.1, -0.05) is 27.7 Å². The third-order valence-corrected chi connectivity index (χ3v) is 3.10. The van der Waals surface area contributed by atoms with Crippen LogP contribution in [0, 0.1) is 11.3 Å². The molecule has 1 atom stereocenters. The molecule has 1 rings (SSSR count). The summed E-state index contributed by atoms with van der Waals surface area (Å²) in [5, 5.41) is 3.67. The van der Waals surface area contributed by atoms with Gasteiger partial charge in [-0.05, 0) is 31.1 Å². The maximum absolute atomic E-state index is 3.67. The van der Waals surface area contributed by atoms with Crippen LogP contribution < -0.4 is 5.32 Å². The minimum absolute atomic E-state index is 0.606. The highest BCUT2D eigenvalue weighted by atomic mass is 15.0. The van der Waals surface area contributed by atoms with E-state index < -0.39 is 0 Å². The van der Waals surface area contributed by atoms with Crippen molar-refractivity contribution in [2.45, 2.75) is 59.5 Å². The third kappa shape index (κ3) is 2.48. The Morgan fingerprint density at radius 1 is 1.17 bits per heavy atom. The first-order valence-electron chi connectivity index (χ1n) is 5.17. The molecule has 0 saturated heterocycles. The molecule has 12 heavy (non-hydrogen) atoms. The molecule has 1 saturated carbocycles. The van der Waals surface area contributed by atoms with E-state index in [2.05, 4.69) is 39.9 Å². The van der Waals surface area contributed by atoms with Crippen molar-refractivity contribution >= 4 is 0 Å². The van der Waals surface area contributed by atoms with Gasteiger partial charge in [0.2, 0.25) is 0 Å². The molecule has 0 spiro atoms. The molecule has 0 amide bonds. The summed E-state index contributed by atoms with van der Waals surface area (Å²) < 4.78 is 0. The lowest BCUT2D eigenvalue weighted by Gasteiger charge is -2.44. The predicted molar refractivity (Wildman–Crippen MR) is 54.2 cm³/mol. The molecule has 0 aromatic carbocycles. The van der Waals surface area contributed by atoms with Crippen LogP contribution in [-0.4, -0.2) is 12.1 Å². The maximum atomic E-state index is 3.67. The first-order valence-corrected chi connectivity index (χ1v) is 5.17. The molecule has 0 bridgehead atoms. The maximum Gasteiger partial charge on any atom is 0.00798 e. The van der Waals surface area contributed by atoms with Crippen LogP contribution in [0.25, 0.3) is 0 Å². The Morgan fingerprint density at radius 3 is 2.00 bits per heavy atom. The van der Waals surface area contributed by atoms with Crippen molar-refractivity contribution in [3.63, 3.8) is 0 Å². The summed E-state index contributed by atoms with van der Waals surface area (Å²) in [6.07, 6.45) is 2.70. The summed E-state index contributed by atoms with van der Waals surface area (Å²) in [5.41, 5.74) is 0.606. The molecule has 1 fully saturated rings. The molecule has 0 radical (unpaired) electrons. The quantitative estimate of drug-likeness (QED) is 0.685. The lowest BCUT2D eigenvalue weighted by Crippen LogP contribution is -2.50. The first kappa shape index (κ1) is 10.0. The standard InChI is InChI=1S/C11H23N/c1-8(2)9(3)12-10-6-11(4,5)7-10/h8-10,12H,6-7H2,1-5H3. The van der Waals surface area contributed by atoms with Gasteiger partial charge in [0.1, 0.15) is 0 Å². The van der Waals surface area contributed by atoms with Crippen molar-refractivity contribution in [1.29, 1.82) is 0 Å². The summed E-state index contributed by atoms with van der Waals surface area (Å²) in [5.74, 6) is 0.758. The fraction of sp³-hybridized carbons (Fsp3) is 1.00. The molecule has 72 valence electrons. The highest BCUT2D eigenvalue weighted by molar-refractivity contribution is 4.92. The summed E-state index contributed by atoms with van der Waals surface area (Å²) >= 11 is 0. The van der Waals surface area contributed by atoms with Gasteiger partial charge in [0.15, 0.2) is 0 Å². The minimum Gasteiger partial charge on any atom is -0.311 e. The molecule has 1 aliphatic carbocycles. The molecule has 1 nitrogen and oxygen atoms in total. The van der Waals surface area contributed by atoms with Crippen LogP contribution in [-0.2, 0) is 0 Å². The second-order valence-electron chi connectivity index (χ2n) is 5.47. The fourth-order valence-electron chi connectivity index (χ4n) is 1.96. The largest absolute Gasteiger partial charge is 0.311 e. The van der Waals surface area contributed by atoms with E-state index in [0.29, 0.717) is 11.5 Å². The van der Waals surface area contributed by atoms with Crippen LogP contribution in [0.4, 0.5) is 0 Å². The lowest BCUT2D eigenvalue weighted by atomic mass is 9.68. The predicted octanol–water partition coefficient (Wildman–Crippen LogP) is 2.81. The zero-order valence-electron chi connectivity index (χ0n) is 9.15. The van der Waals surface area contributed by atoms with E-state index in [-0.39, 0.29) is 0 Å². The van der Waals surface area contributed by atoms with E-state index in [1.807, 2.05) is 0 Å². The molecule has 0 aliphatic heterocycles. The summed E-state index contributed by atoms with van der Waals surface area (Å²) in [6.45, 7) is 11.6. The Bertz CT molecular complexity index is 141. The zero-order chi connectivity index (χ0) is 9.35. The summed E-state index contributed by atoms with van der Waals surface area (Å²) in [4.78, 5) is 0. The average Bonchev–Trinajstić information content (AvgIpc) is 1.83. The Labute approximate surface area is 76.9 Å². The van der Waals surface area contributed by atoms with Crippen LogP contribution >= 0.6 is 0 Å². The van der Waals surface area contributed by atoms with Crippen LogP contribution in [0.5, 0.6) is 0 Å². The summed E-state index contributed by atoms with van der Waals surface area (Å²) in [6, 6.07) is 1.46. The smallest absolute Gasteiger partial charge is 0.00798 e. The molecule has 1 heteroatoms. The van der Waals surface area contributed by atoms with Crippen LogP contribution in [0.3, 0.4) is 0 Å². The van der Waals surface area contributed by atoms with Gasteiger partial charge in [0.05, 0.1) is 0 Å². The van der Waals surface area contributed by atoms with E-state index in [9.17, 15) is 0 Å². The SMILES string of the molecule is CC(C)C(C)NC1CC(C)(C)C1. The van der Waals surface area contributed by atoms with Gasteiger partial charge in [-0.15, -0.1) is 0 Å². The Balaban J connectivity index is 2.19. The molecule has 0 aromatic rings.